The minimum atomic E-state index is -1.11. The molecule has 0 unspecified atom stereocenters. The number of carboxylic acid groups (broad SMARTS) is 1. The molecule has 0 spiro atoms. The highest BCUT2D eigenvalue weighted by Crippen LogP contribution is 2.25. The number of benzene rings is 1. The Bertz CT molecular complexity index is 624. The summed E-state index contributed by atoms with van der Waals surface area (Å²) >= 11 is 5.78. The second-order valence-corrected chi connectivity index (χ2v) is 4.39. The average molecular weight is 279 g/mol. The molecule has 0 saturated heterocycles. The van der Waals surface area contributed by atoms with Crippen LogP contribution < -0.4 is 4.74 Å². The molecule has 0 amide bonds. The molecule has 0 atom stereocenters. The molecule has 0 aliphatic rings. The fraction of sp³-hybridized carbons (Fsp3) is 0.154. The summed E-state index contributed by atoms with van der Waals surface area (Å²) in [6.45, 7) is 3.65. The summed E-state index contributed by atoms with van der Waals surface area (Å²) < 4.78 is 5.44. The first-order valence-electron chi connectivity index (χ1n) is 5.48. The summed E-state index contributed by atoms with van der Waals surface area (Å²) in [6.07, 6.45) is 0. The molecule has 5 nitrogen and oxygen atoms in total. The van der Waals surface area contributed by atoms with Crippen molar-refractivity contribution in [3.63, 3.8) is 0 Å². The van der Waals surface area contributed by atoms with Gasteiger partial charge in [0.05, 0.1) is 10.6 Å². The highest BCUT2D eigenvalue weighted by atomic mass is 35.5. The first-order chi connectivity index (χ1) is 8.95. The number of carboxylic acids is 1. The van der Waals surface area contributed by atoms with Crippen molar-refractivity contribution in [2.75, 3.05) is 0 Å². The molecule has 0 radical (unpaired) electrons. The van der Waals surface area contributed by atoms with Gasteiger partial charge in [-0.3, -0.25) is 0 Å². The summed E-state index contributed by atoms with van der Waals surface area (Å²) in [4.78, 5) is 19.2. The van der Waals surface area contributed by atoms with Crippen molar-refractivity contribution < 1.29 is 14.6 Å². The molecule has 1 aromatic heterocycles. The molecular formula is C13H11ClN2O3. The number of aromatic carboxylic acids is 1. The maximum atomic E-state index is 11.0. The van der Waals surface area contributed by atoms with E-state index in [0.717, 1.165) is 11.4 Å². The van der Waals surface area contributed by atoms with E-state index in [2.05, 4.69) is 9.97 Å². The summed E-state index contributed by atoms with van der Waals surface area (Å²) in [5, 5.41) is 9.13. The SMILES string of the molecule is Cc1cc(C)nc(Oc2ccc(Cl)c(C(=O)O)c2)n1. The van der Waals surface area contributed by atoms with Crippen LogP contribution in [-0.2, 0) is 0 Å². The third-order valence-electron chi connectivity index (χ3n) is 2.34. The summed E-state index contributed by atoms with van der Waals surface area (Å²) in [5.74, 6) is -0.788. The smallest absolute Gasteiger partial charge is 0.337 e. The fourth-order valence-electron chi connectivity index (χ4n) is 1.58. The number of halogens is 1. The third-order valence-corrected chi connectivity index (χ3v) is 2.67. The van der Waals surface area contributed by atoms with Crippen molar-refractivity contribution in [1.82, 2.24) is 9.97 Å². The van der Waals surface area contributed by atoms with Gasteiger partial charge in [-0.15, -0.1) is 0 Å². The van der Waals surface area contributed by atoms with Gasteiger partial charge in [0.15, 0.2) is 0 Å². The van der Waals surface area contributed by atoms with Crippen LogP contribution in [0.25, 0.3) is 0 Å². The lowest BCUT2D eigenvalue weighted by molar-refractivity contribution is 0.0696. The molecule has 2 rings (SSSR count). The maximum absolute atomic E-state index is 11.0. The zero-order valence-corrected chi connectivity index (χ0v) is 11.1. The van der Waals surface area contributed by atoms with Crippen molar-refractivity contribution in [3.8, 4) is 11.8 Å². The first kappa shape index (κ1) is 13.3. The van der Waals surface area contributed by atoms with Gasteiger partial charge in [0.25, 0.3) is 0 Å². The molecule has 0 bridgehead atoms. The van der Waals surface area contributed by atoms with Gasteiger partial charge in [-0.25, -0.2) is 14.8 Å². The van der Waals surface area contributed by atoms with Gasteiger partial charge in [-0.1, -0.05) is 11.6 Å². The van der Waals surface area contributed by atoms with Crippen molar-refractivity contribution in [2.45, 2.75) is 13.8 Å². The molecule has 1 aromatic carbocycles. The highest BCUT2D eigenvalue weighted by Gasteiger charge is 2.11. The summed E-state index contributed by atoms with van der Waals surface area (Å²) in [6, 6.07) is 6.36. The van der Waals surface area contributed by atoms with Crippen molar-refractivity contribution in [1.29, 1.82) is 0 Å². The Hall–Kier alpha value is -2.14. The Morgan fingerprint density at radius 3 is 2.42 bits per heavy atom. The van der Waals surface area contributed by atoms with Gasteiger partial charge in [0.2, 0.25) is 0 Å². The quantitative estimate of drug-likeness (QED) is 0.933. The minimum absolute atomic E-state index is 0.0245. The van der Waals surface area contributed by atoms with Gasteiger partial charge in [-0.2, -0.15) is 0 Å². The number of aryl methyl sites for hydroxylation is 2. The van der Waals surface area contributed by atoms with Crippen LogP contribution >= 0.6 is 11.6 Å². The number of carbonyl (C=O) groups is 1. The standard InChI is InChI=1S/C13H11ClN2O3/c1-7-5-8(2)16-13(15-7)19-9-3-4-11(14)10(6-9)12(17)18/h3-6H,1-2H3,(H,17,18). The van der Waals surface area contributed by atoms with Crippen LogP contribution in [0.1, 0.15) is 21.7 Å². The van der Waals surface area contributed by atoms with E-state index in [0.29, 0.717) is 5.75 Å². The number of aromatic nitrogens is 2. The van der Waals surface area contributed by atoms with Crippen molar-refractivity contribution >= 4 is 17.6 Å². The van der Waals surface area contributed by atoms with Crippen LogP contribution in [-0.4, -0.2) is 21.0 Å². The lowest BCUT2D eigenvalue weighted by Crippen LogP contribution is -1.99. The lowest BCUT2D eigenvalue weighted by Gasteiger charge is -2.07. The van der Waals surface area contributed by atoms with E-state index in [9.17, 15) is 4.79 Å². The lowest BCUT2D eigenvalue weighted by atomic mass is 10.2. The number of rotatable bonds is 3. The molecule has 6 heteroatoms. The van der Waals surface area contributed by atoms with Crippen molar-refractivity contribution in [3.05, 3.63) is 46.2 Å². The predicted molar refractivity (Wildman–Crippen MR) is 70.0 cm³/mol. The first-order valence-corrected chi connectivity index (χ1v) is 5.86. The second kappa shape index (κ2) is 5.24. The molecule has 0 aliphatic carbocycles. The molecule has 98 valence electrons. The molecule has 0 aliphatic heterocycles. The van der Waals surface area contributed by atoms with E-state index >= 15 is 0 Å². The van der Waals surface area contributed by atoms with Gasteiger partial charge in [0, 0.05) is 11.4 Å². The Kier molecular flexibility index (Phi) is 3.66. The van der Waals surface area contributed by atoms with E-state index in [4.69, 9.17) is 21.4 Å². The number of ether oxygens (including phenoxy) is 1. The number of nitrogens with zero attached hydrogens (tertiary/aromatic N) is 2. The monoisotopic (exact) mass is 278 g/mol. The van der Waals surface area contributed by atoms with E-state index in [-0.39, 0.29) is 16.6 Å². The zero-order chi connectivity index (χ0) is 14.0. The van der Waals surface area contributed by atoms with E-state index in [1.165, 1.54) is 12.1 Å². The Labute approximate surface area is 114 Å². The molecule has 2 aromatic rings. The molecule has 1 N–H and O–H groups in total. The molecule has 1 heterocycles. The van der Waals surface area contributed by atoms with Crippen LogP contribution in [0.5, 0.6) is 11.8 Å². The molecular weight excluding hydrogens is 268 g/mol. The van der Waals surface area contributed by atoms with E-state index < -0.39 is 5.97 Å². The highest BCUT2D eigenvalue weighted by molar-refractivity contribution is 6.33. The van der Waals surface area contributed by atoms with Crippen LogP contribution in [0.4, 0.5) is 0 Å². The normalized spacial score (nSPS) is 10.3. The maximum Gasteiger partial charge on any atom is 0.337 e. The Morgan fingerprint density at radius 2 is 1.84 bits per heavy atom. The predicted octanol–water partition coefficient (Wildman–Crippen LogP) is 3.24. The van der Waals surface area contributed by atoms with Gasteiger partial charge in [0.1, 0.15) is 5.75 Å². The van der Waals surface area contributed by atoms with Crippen molar-refractivity contribution in [2.24, 2.45) is 0 Å². The third kappa shape index (κ3) is 3.20. The largest absolute Gasteiger partial charge is 0.478 e. The molecule has 0 saturated carbocycles. The summed E-state index contributed by atoms with van der Waals surface area (Å²) in [7, 11) is 0. The van der Waals surface area contributed by atoms with Crippen LogP contribution in [0, 0.1) is 13.8 Å². The average Bonchev–Trinajstić information content (AvgIpc) is 2.30. The van der Waals surface area contributed by atoms with E-state index in [1.807, 2.05) is 19.9 Å². The number of hydrogen-bond acceptors (Lipinski definition) is 4. The Balaban J connectivity index is 2.33. The number of hydrogen-bond donors (Lipinski definition) is 1. The molecule has 0 fully saturated rings. The van der Waals surface area contributed by atoms with Crippen LogP contribution in [0.15, 0.2) is 24.3 Å². The Morgan fingerprint density at radius 1 is 1.21 bits per heavy atom. The van der Waals surface area contributed by atoms with Gasteiger partial charge >= 0.3 is 12.0 Å². The molecule has 19 heavy (non-hydrogen) atoms. The van der Waals surface area contributed by atoms with Gasteiger partial charge in [-0.05, 0) is 38.1 Å². The summed E-state index contributed by atoms with van der Waals surface area (Å²) in [5.41, 5.74) is 1.52. The van der Waals surface area contributed by atoms with Crippen LogP contribution in [0.2, 0.25) is 5.02 Å². The minimum Gasteiger partial charge on any atom is -0.478 e. The van der Waals surface area contributed by atoms with E-state index in [1.54, 1.807) is 6.07 Å². The zero-order valence-electron chi connectivity index (χ0n) is 10.3. The second-order valence-electron chi connectivity index (χ2n) is 3.98. The fourth-order valence-corrected chi connectivity index (χ4v) is 1.77. The van der Waals surface area contributed by atoms with Gasteiger partial charge < -0.3 is 9.84 Å². The topological polar surface area (TPSA) is 72.3 Å². The van der Waals surface area contributed by atoms with Crippen LogP contribution in [0.3, 0.4) is 0 Å².